The fourth-order valence-electron chi connectivity index (χ4n) is 1.37. The molecule has 0 aliphatic carbocycles. The minimum absolute atomic E-state index is 0.138. The highest BCUT2D eigenvalue weighted by Crippen LogP contribution is 2.25. The third-order valence-electron chi connectivity index (χ3n) is 2.45. The molecule has 0 saturated carbocycles. The van der Waals surface area contributed by atoms with Gasteiger partial charge in [-0.05, 0) is 26.0 Å². The maximum absolute atomic E-state index is 11.8. The number of anilines is 1. The molecule has 0 fully saturated rings. The molecular formula is C13H19NO4. The molecule has 0 bridgehead atoms. The van der Waals surface area contributed by atoms with Crippen LogP contribution in [-0.2, 0) is 4.74 Å². The Morgan fingerprint density at radius 1 is 1.44 bits per heavy atom. The van der Waals surface area contributed by atoms with Crippen molar-refractivity contribution in [3.63, 3.8) is 0 Å². The summed E-state index contributed by atoms with van der Waals surface area (Å²) in [6.45, 7) is 3.44. The van der Waals surface area contributed by atoms with Gasteiger partial charge in [0.2, 0.25) is 0 Å². The highest BCUT2D eigenvalue weighted by atomic mass is 16.5. The molecule has 0 unspecified atom stereocenters. The Morgan fingerprint density at radius 2 is 2.11 bits per heavy atom. The van der Waals surface area contributed by atoms with E-state index in [1.54, 1.807) is 32.0 Å². The Bertz CT molecular complexity index is 423. The van der Waals surface area contributed by atoms with Gasteiger partial charge in [-0.15, -0.1) is 0 Å². The van der Waals surface area contributed by atoms with E-state index < -0.39 is 11.6 Å². The van der Waals surface area contributed by atoms with Gasteiger partial charge in [-0.1, -0.05) is 6.07 Å². The zero-order valence-electron chi connectivity index (χ0n) is 10.9. The smallest absolute Gasteiger partial charge is 0.340 e. The van der Waals surface area contributed by atoms with Gasteiger partial charge >= 0.3 is 5.97 Å². The molecule has 5 heteroatoms. The van der Waals surface area contributed by atoms with Gasteiger partial charge in [-0.25, -0.2) is 4.79 Å². The van der Waals surface area contributed by atoms with Gasteiger partial charge in [0.1, 0.15) is 5.75 Å². The largest absolute Gasteiger partial charge is 0.495 e. The molecule has 0 aliphatic heterocycles. The first-order valence-corrected chi connectivity index (χ1v) is 5.67. The lowest BCUT2D eigenvalue weighted by Crippen LogP contribution is -2.22. The van der Waals surface area contributed by atoms with Crippen molar-refractivity contribution in [2.24, 2.45) is 0 Å². The van der Waals surface area contributed by atoms with E-state index in [1.807, 2.05) is 0 Å². The molecule has 3 N–H and O–H groups in total. The normalized spacial score (nSPS) is 11.1. The molecule has 1 aromatic rings. The van der Waals surface area contributed by atoms with Crippen LogP contribution in [0, 0.1) is 0 Å². The van der Waals surface area contributed by atoms with Crippen LogP contribution in [0.25, 0.3) is 0 Å². The van der Waals surface area contributed by atoms with Crippen molar-refractivity contribution in [2.45, 2.75) is 25.9 Å². The van der Waals surface area contributed by atoms with Crippen molar-refractivity contribution in [3.05, 3.63) is 23.8 Å². The first-order chi connectivity index (χ1) is 8.35. The third kappa shape index (κ3) is 3.92. The summed E-state index contributed by atoms with van der Waals surface area (Å²) in [5.74, 6) is -0.0809. The quantitative estimate of drug-likeness (QED) is 0.615. The van der Waals surface area contributed by atoms with Crippen LogP contribution in [0.1, 0.15) is 30.6 Å². The Kier molecular flexibility index (Phi) is 4.55. The first-order valence-electron chi connectivity index (χ1n) is 5.67. The number of methoxy groups -OCH3 is 1. The van der Waals surface area contributed by atoms with Crippen molar-refractivity contribution in [3.8, 4) is 5.75 Å². The minimum Gasteiger partial charge on any atom is -0.495 e. The number of rotatable bonds is 5. The monoisotopic (exact) mass is 253 g/mol. The lowest BCUT2D eigenvalue weighted by Gasteiger charge is -2.16. The number of esters is 1. The van der Waals surface area contributed by atoms with E-state index in [1.165, 1.54) is 7.11 Å². The summed E-state index contributed by atoms with van der Waals surface area (Å²) in [6.07, 6.45) is 0.364. The molecule has 0 radical (unpaired) electrons. The maximum Gasteiger partial charge on any atom is 0.340 e. The summed E-state index contributed by atoms with van der Waals surface area (Å²) in [5, 5.41) is 9.50. The van der Waals surface area contributed by atoms with Gasteiger partial charge < -0.3 is 20.3 Å². The van der Waals surface area contributed by atoms with E-state index in [2.05, 4.69) is 0 Å². The van der Waals surface area contributed by atoms with Gasteiger partial charge in [-0.2, -0.15) is 0 Å². The number of para-hydroxylation sites is 1. The number of carbonyl (C=O) groups excluding carboxylic acids is 1. The van der Waals surface area contributed by atoms with Crippen LogP contribution in [0.5, 0.6) is 5.75 Å². The van der Waals surface area contributed by atoms with Gasteiger partial charge in [-0.3, -0.25) is 0 Å². The number of benzene rings is 1. The molecule has 0 heterocycles. The van der Waals surface area contributed by atoms with Crippen molar-refractivity contribution in [1.29, 1.82) is 0 Å². The second-order valence-corrected chi connectivity index (χ2v) is 4.62. The molecule has 0 saturated heterocycles. The van der Waals surface area contributed by atoms with Crippen molar-refractivity contribution >= 4 is 11.7 Å². The van der Waals surface area contributed by atoms with E-state index in [9.17, 15) is 9.90 Å². The van der Waals surface area contributed by atoms with Gasteiger partial charge in [0.05, 0.1) is 30.6 Å². The predicted molar refractivity (Wildman–Crippen MR) is 68.6 cm³/mol. The summed E-state index contributed by atoms with van der Waals surface area (Å²) in [6, 6.07) is 4.91. The third-order valence-corrected chi connectivity index (χ3v) is 2.45. The summed E-state index contributed by atoms with van der Waals surface area (Å²) >= 11 is 0. The molecule has 0 spiro atoms. The number of nitrogen functional groups attached to an aromatic ring is 1. The summed E-state index contributed by atoms with van der Waals surface area (Å²) in [7, 11) is 1.48. The number of aliphatic hydroxyl groups is 1. The van der Waals surface area contributed by atoms with Crippen molar-refractivity contribution in [1.82, 2.24) is 0 Å². The highest BCUT2D eigenvalue weighted by molar-refractivity contribution is 5.96. The van der Waals surface area contributed by atoms with Crippen molar-refractivity contribution in [2.75, 3.05) is 19.5 Å². The second kappa shape index (κ2) is 5.73. The molecular weight excluding hydrogens is 234 g/mol. The number of carbonyl (C=O) groups is 1. The number of hydrogen-bond donors (Lipinski definition) is 2. The topological polar surface area (TPSA) is 81.8 Å². The number of ether oxygens (including phenoxy) is 2. The maximum atomic E-state index is 11.8. The molecule has 0 aliphatic rings. The fraction of sp³-hybridized carbons (Fsp3) is 0.462. The van der Waals surface area contributed by atoms with Crippen molar-refractivity contribution < 1.29 is 19.4 Å². The first kappa shape index (κ1) is 14.3. The van der Waals surface area contributed by atoms with E-state index in [-0.39, 0.29) is 17.9 Å². The SMILES string of the molecule is COc1cccc(C(=O)OCCC(C)(C)O)c1N. The number of hydrogen-bond acceptors (Lipinski definition) is 5. The van der Waals surface area contributed by atoms with Gasteiger partial charge in [0.15, 0.2) is 0 Å². The Labute approximate surface area is 107 Å². The number of nitrogens with two attached hydrogens (primary N) is 1. The highest BCUT2D eigenvalue weighted by Gasteiger charge is 2.17. The molecule has 18 heavy (non-hydrogen) atoms. The minimum atomic E-state index is -0.861. The van der Waals surface area contributed by atoms with E-state index >= 15 is 0 Å². The molecule has 100 valence electrons. The van der Waals surface area contributed by atoms with Crippen LogP contribution in [0.15, 0.2) is 18.2 Å². The average Bonchev–Trinajstić information content (AvgIpc) is 2.27. The average molecular weight is 253 g/mol. The van der Waals surface area contributed by atoms with Crippen LogP contribution in [0.4, 0.5) is 5.69 Å². The molecule has 5 nitrogen and oxygen atoms in total. The molecule has 1 rings (SSSR count). The zero-order valence-corrected chi connectivity index (χ0v) is 10.9. The molecule has 0 amide bonds. The van der Waals surface area contributed by atoms with E-state index in [0.29, 0.717) is 12.2 Å². The molecule has 0 aromatic heterocycles. The summed E-state index contributed by atoms with van der Waals surface area (Å²) in [5.41, 5.74) is 5.44. The van der Waals surface area contributed by atoms with Gasteiger partial charge in [0, 0.05) is 6.42 Å². The van der Waals surface area contributed by atoms with Crippen LogP contribution in [0.2, 0.25) is 0 Å². The molecule has 1 aromatic carbocycles. The van der Waals surface area contributed by atoms with Crippen LogP contribution >= 0.6 is 0 Å². The predicted octanol–water partition coefficient (Wildman–Crippen LogP) is 1.60. The summed E-state index contributed by atoms with van der Waals surface area (Å²) < 4.78 is 10.1. The zero-order chi connectivity index (χ0) is 13.8. The van der Waals surface area contributed by atoms with Crippen LogP contribution in [0.3, 0.4) is 0 Å². The van der Waals surface area contributed by atoms with Crippen LogP contribution < -0.4 is 10.5 Å². The Hall–Kier alpha value is -1.75. The Balaban J connectivity index is 2.68. The fourth-order valence-corrected chi connectivity index (χ4v) is 1.37. The standard InChI is InChI=1S/C13H19NO4/c1-13(2,16)7-8-18-12(15)9-5-4-6-10(17-3)11(9)14/h4-6,16H,7-8,14H2,1-3H3. The summed E-state index contributed by atoms with van der Waals surface area (Å²) in [4.78, 5) is 11.8. The lowest BCUT2D eigenvalue weighted by molar-refractivity contribution is 0.0245. The van der Waals surface area contributed by atoms with E-state index in [4.69, 9.17) is 15.2 Å². The Morgan fingerprint density at radius 3 is 2.67 bits per heavy atom. The van der Waals surface area contributed by atoms with Crippen LogP contribution in [-0.4, -0.2) is 30.4 Å². The van der Waals surface area contributed by atoms with E-state index in [0.717, 1.165) is 0 Å². The molecule has 0 atom stereocenters. The second-order valence-electron chi connectivity index (χ2n) is 4.62. The lowest BCUT2D eigenvalue weighted by atomic mass is 10.1. The van der Waals surface area contributed by atoms with Gasteiger partial charge in [0.25, 0.3) is 0 Å².